The van der Waals surface area contributed by atoms with Gasteiger partial charge in [-0.25, -0.2) is 0 Å². The minimum atomic E-state index is -6.70. The molecule has 68 heavy (non-hydrogen) atoms. The third kappa shape index (κ3) is 16.8. The fraction of sp³-hybridized carbons (Fsp3) is 1.00. The molecule has 12 nitrogen and oxygen atoms in total. The fourth-order valence-electron chi connectivity index (χ4n) is 6.93. The van der Waals surface area contributed by atoms with Gasteiger partial charge in [0, 0.05) is 99.7 Å². The van der Waals surface area contributed by atoms with Crippen LogP contribution >= 0.6 is 0 Å². The maximum absolute atomic E-state index is 14.2. The largest absolute Gasteiger partial charge is 0.479 e. The van der Waals surface area contributed by atoms with Crippen molar-refractivity contribution in [3.05, 3.63) is 0 Å². The lowest BCUT2D eigenvalue weighted by molar-refractivity contribution is -0.139. The van der Waals surface area contributed by atoms with Crippen LogP contribution in [0.4, 0.5) is 105 Å². The summed E-state index contributed by atoms with van der Waals surface area (Å²) in [5.41, 5.74) is 0. The molecule has 0 aromatic carbocycles. The van der Waals surface area contributed by atoms with Gasteiger partial charge in [0.2, 0.25) is 0 Å². The highest BCUT2D eigenvalue weighted by Gasteiger charge is 2.84. The average Bonchev–Trinajstić information content (AvgIpc) is 3.06. The maximum atomic E-state index is 14.2. The van der Waals surface area contributed by atoms with Crippen molar-refractivity contribution in [3.63, 3.8) is 0 Å². The van der Waals surface area contributed by atoms with E-state index in [1.165, 1.54) is 0 Å². The molecule has 0 radical (unpaired) electrons. The van der Waals surface area contributed by atoms with Crippen LogP contribution in [0.5, 0.6) is 0 Å². The lowest BCUT2D eigenvalue weighted by Gasteiger charge is -2.63. The molecule has 6 heterocycles. The number of hydrogen-bond donors (Lipinski definition) is 0. The molecule has 0 aromatic rings. The van der Waals surface area contributed by atoms with Crippen molar-refractivity contribution in [2.24, 2.45) is 0 Å². The zero-order valence-corrected chi connectivity index (χ0v) is 41.3. The first-order chi connectivity index (χ1) is 30.1. The van der Waals surface area contributed by atoms with Crippen LogP contribution in [0.15, 0.2) is 0 Å². The zero-order valence-electron chi connectivity index (χ0n) is 33.3. The van der Waals surface area contributed by atoms with Crippen LogP contribution < -0.4 is 0 Å². The molecule has 0 N–H and O–H groups in total. The van der Waals surface area contributed by atoms with E-state index in [0.29, 0.717) is 0 Å². The van der Waals surface area contributed by atoms with Gasteiger partial charge in [-0.15, -0.1) is 0 Å². The predicted octanol–water partition coefficient (Wildman–Crippen LogP) is 11.4. The van der Waals surface area contributed by atoms with Gasteiger partial charge in [-0.05, 0) is 0 Å². The molecule has 0 unspecified atom stereocenters. The van der Waals surface area contributed by atoms with Gasteiger partial charge in [-0.3, -0.25) is 0 Å². The Labute approximate surface area is 373 Å². The normalized spacial score (nSPS) is 36.4. The van der Waals surface area contributed by atoms with Gasteiger partial charge in [-0.1, -0.05) is 0 Å². The van der Waals surface area contributed by atoms with Crippen LogP contribution in [0, 0.1) is 0 Å². The third-order valence-electron chi connectivity index (χ3n) is 9.45. The predicted molar refractivity (Wildman–Crippen MR) is 183 cm³/mol. The van der Waals surface area contributed by atoms with Crippen molar-refractivity contribution < 1.29 is 155 Å². The molecule has 6 rings (SSSR count). The monoisotopic (exact) mass is 1190 g/mol. The first kappa shape index (κ1) is 58.5. The Kier molecular flexibility index (Phi) is 16.1. The van der Waals surface area contributed by atoms with E-state index >= 15 is 0 Å². The average molecular weight is 1190 g/mol. The summed E-state index contributed by atoms with van der Waals surface area (Å²) in [6.45, 7) is 0. The van der Waals surface area contributed by atoms with Gasteiger partial charge < -0.3 is 49.4 Å². The van der Waals surface area contributed by atoms with Crippen molar-refractivity contribution in [3.8, 4) is 0 Å². The Hall–Kier alpha value is -0.425. The van der Waals surface area contributed by atoms with Crippen LogP contribution in [0.2, 0.25) is 48.4 Å². The highest BCUT2D eigenvalue weighted by atomic mass is 28.6. The minimum Gasteiger partial charge on any atom is -0.373 e. The van der Waals surface area contributed by atoms with Crippen LogP contribution in [-0.2, 0) is 49.4 Å². The molecule has 0 aliphatic carbocycles. The van der Waals surface area contributed by atoms with E-state index in [-0.39, 0.29) is 0 Å². The fourth-order valence-corrected chi connectivity index (χ4v) is 57.2. The van der Waals surface area contributed by atoms with Gasteiger partial charge in [-0.2, -0.15) is 105 Å². The molecule has 400 valence electrons. The summed E-state index contributed by atoms with van der Waals surface area (Å²) in [5.74, 6) is 0. The zero-order chi connectivity index (χ0) is 51.8. The van der Waals surface area contributed by atoms with Crippen LogP contribution in [0.1, 0.15) is 51.4 Å². The lowest BCUT2D eigenvalue weighted by atomic mass is 10.5. The molecule has 6 aliphatic heterocycles. The molecule has 6 saturated heterocycles. The maximum Gasteiger partial charge on any atom is 0.479 e. The van der Waals surface area contributed by atoms with Crippen LogP contribution in [0.25, 0.3) is 0 Å². The molecule has 0 saturated carbocycles. The number of alkyl halides is 24. The van der Waals surface area contributed by atoms with Gasteiger partial charge in [0.15, 0.2) is 0 Å². The summed E-state index contributed by atoms with van der Waals surface area (Å²) >= 11 is 0. The van der Waals surface area contributed by atoms with E-state index in [1.54, 1.807) is 0 Å². The molecular weight excluding hydrogens is 1160 g/mol. The molecule has 6 fully saturated rings. The number of hydrogen-bond acceptors (Lipinski definition) is 12. The summed E-state index contributed by atoms with van der Waals surface area (Å²) in [6.07, 6.45) is -64.5. The summed E-state index contributed by atoms with van der Waals surface area (Å²) < 4.78 is 409. The number of rotatable bonds is 16. The Morgan fingerprint density at radius 2 is 0.235 bits per heavy atom. The van der Waals surface area contributed by atoms with Gasteiger partial charge in [0.05, 0.1) is 0 Å². The quantitative estimate of drug-likeness (QED) is 0.108. The van der Waals surface area contributed by atoms with Gasteiger partial charge >= 0.3 is 120 Å². The van der Waals surface area contributed by atoms with Crippen molar-refractivity contribution in [1.82, 2.24) is 0 Å². The lowest BCUT2D eigenvalue weighted by Crippen LogP contribution is -2.88. The molecule has 44 heteroatoms. The van der Waals surface area contributed by atoms with E-state index < -0.39 is 220 Å². The van der Waals surface area contributed by atoms with Gasteiger partial charge in [0.1, 0.15) is 0 Å². The Balaban J connectivity index is 2.02. The molecule has 0 aromatic heterocycles. The van der Waals surface area contributed by atoms with Crippen LogP contribution in [0.3, 0.4) is 0 Å². The van der Waals surface area contributed by atoms with Gasteiger partial charge in [0.25, 0.3) is 0 Å². The molecule has 0 atom stereocenters. The summed E-state index contributed by atoms with van der Waals surface area (Å²) in [6, 6.07) is -17.1. The second-order valence-electron chi connectivity index (χ2n) is 15.6. The Morgan fingerprint density at radius 3 is 0.294 bits per heavy atom. The van der Waals surface area contributed by atoms with E-state index in [9.17, 15) is 105 Å². The van der Waals surface area contributed by atoms with E-state index in [4.69, 9.17) is 49.4 Å². The van der Waals surface area contributed by atoms with E-state index in [2.05, 4.69) is 0 Å². The van der Waals surface area contributed by atoms with Crippen molar-refractivity contribution >= 4 is 70.4 Å². The Bertz CT molecular complexity index is 1320. The summed E-state index contributed by atoms with van der Waals surface area (Å²) in [4.78, 5) is 0. The first-order valence-electron chi connectivity index (χ1n) is 19.1. The highest BCUT2D eigenvalue weighted by molar-refractivity contribution is 7.03. The van der Waals surface area contributed by atoms with Crippen molar-refractivity contribution in [1.29, 1.82) is 0 Å². The molecule has 6 aliphatic rings. The topological polar surface area (TPSA) is 111 Å². The summed E-state index contributed by atoms with van der Waals surface area (Å²) in [7, 11) is -53.6. The number of halogens is 24. The first-order valence-corrected chi connectivity index (χ1v) is 34.5. The highest BCUT2D eigenvalue weighted by Crippen LogP contribution is 2.57. The standard InChI is InChI=1S/C24H32F24O12Si8/c25-17(26,27)1-9-61-49-62(10-2-18(28,29)30)52-65(13-5-21(37,38)39)54-63(50-61,11-3-19(31,32)33)56-67(15-7-23(43,44)45)57-64(51-61,12-4-20(34,35)36)55-66(53-62,14-6-22(40,41)42)59-68(58-65,60-67)16-8-24(46,47)48/h1-16H2. The third-order valence-corrected chi connectivity index (χ3v) is 46.2. The SMILES string of the molecule is FC(F)(F)CC[Si]12O[Si]3(CCC(F)(F)F)O[Si]4(CCC(F)(F)F)O[Si](CCC(F)(F)F)(O1)O[Si]1(CCC(F)(F)F)O[Si](CCC(F)(F)F)(O2)O[Si](CCC(F)(F)F)(O3)O[Si](CCC(F)(F)F)(O4)O1. The second kappa shape index (κ2) is 18.7. The molecule has 0 amide bonds. The van der Waals surface area contributed by atoms with Crippen LogP contribution in [-0.4, -0.2) is 120 Å². The molecule has 8 bridgehead atoms. The minimum absolute atomic E-state index is 2.14. The molecular formula is C24H32F24O12Si8. The summed E-state index contributed by atoms with van der Waals surface area (Å²) in [5, 5.41) is 0. The second-order valence-corrected chi connectivity index (χ2v) is 40.3. The smallest absolute Gasteiger partial charge is 0.373 e. The van der Waals surface area contributed by atoms with Crippen molar-refractivity contribution in [2.45, 2.75) is 149 Å². The van der Waals surface area contributed by atoms with E-state index in [0.717, 1.165) is 0 Å². The van der Waals surface area contributed by atoms with E-state index in [1.807, 2.05) is 0 Å². The Morgan fingerprint density at radius 1 is 0.162 bits per heavy atom. The molecule has 0 spiro atoms. The van der Waals surface area contributed by atoms with Crippen molar-refractivity contribution in [2.75, 3.05) is 0 Å².